The van der Waals surface area contributed by atoms with Crippen LogP contribution in [0.1, 0.15) is 188 Å². The van der Waals surface area contributed by atoms with Crippen LogP contribution >= 0.6 is 0 Å². The number of esters is 4. The molecule has 0 aromatic heterocycles. The van der Waals surface area contributed by atoms with Gasteiger partial charge >= 0.3 is 23.9 Å². The SMILES string of the molecule is CCCCCCCC(=O)OC[C@@](CC(O)CO)(OCC(CO)OC(=O)CCCCCCC)[C@H]1OC[C@H](OC(=O)CCCCCCC)[C@H]1OC(=O)CCCCCCC. The Morgan fingerprint density at radius 2 is 1.07 bits per heavy atom. The lowest BCUT2D eigenvalue weighted by Crippen LogP contribution is -2.58. The van der Waals surface area contributed by atoms with Gasteiger partial charge in [0.15, 0.2) is 12.2 Å². The highest BCUT2D eigenvalue weighted by Gasteiger charge is 2.56. The van der Waals surface area contributed by atoms with E-state index in [-0.39, 0.29) is 38.7 Å². The fourth-order valence-corrected chi connectivity index (χ4v) is 7.01. The second-order valence-corrected chi connectivity index (χ2v) is 15.8. The zero-order valence-corrected chi connectivity index (χ0v) is 36.0. The van der Waals surface area contributed by atoms with Crippen molar-refractivity contribution in [1.82, 2.24) is 0 Å². The van der Waals surface area contributed by atoms with Crippen molar-refractivity contribution >= 4 is 23.9 Å². The van der Waals surface area contributed by atoms with Crippen molar-refractivity contribution in [1.29, 1.82) is 0 Å². The van der Waals surface area contributed by atoms with E-state index in [1.165, 1.54) is 0 Å². The number of carbonyl (C=O) groups is 4. The molecule has 1 aliphatic rings. The number of ether oxygens (including phenoxy) is 6. The number of rotatable bonds is 37. The summed E-state index contributed by atoms with van der Waals surface area (Å²) in [6.45, 7) is 6.10. The van der Waals surface area contributed by atoms with Crippen molar-refractivity contribution in [3.8, 4) is 0 Å². The first-order valence-electron chi connectivity index (χ1n) is 22.5. The van der Waals surface area contributed by atoms with Crippen LogP contribution < -0.4 is 0 Å². The fraction of sp³-hybridized carbons (Fsp3) is 0.909. The van der Waals surface area contributed by atoms with Gasteiger partial charge in [-0.05, 0) is 25.7 Å². The Morgan fingerprint density at radius 1 is 0.614 bits per heavy atom. The van der Waals surface area contributed by atoms with E-state index in [4.69, 9.17) is 28.4 Å². The summed E-state index contributed by atoms with van der Waals surface area (Å²) in [4.78, 5) is 52.4. The standard InChI is InChI=1S/C44H80O13/c1-5-9-13-17-21-25-38(48)53-34-44(29-35(47)30-45,54-32-36(31-46)55-39(49)26-22-18-14-10-6-2)43-42(57-41(51)28-24-20-16-12-8-4)37(33-52-43)56-40(50)27-23-19-15-11-7-3/h35-37,42-43,45-47H,5-34H2,1-4H3/t35?,36?,37-,42+,43-,44+/m0/s1. The Balaban J connectivity index is 3.44. The molecule has 3 N–H and O–H groups in total. The van der Waals surface area contributed by atoms with Crippen LogP contribution in [0, 0.1) is 0 Å². The molecular formula is C44H80O13. The molecule has 1 fully saturated rings. The molecule has 1 aliphatic heterocycles. The summed E-state index contributed by atoms with van der Waals surface area (Å²) in [6, 6.07) is 0. The Kier molecular flexibility index (Phi) is 31.0. The predicted molar refractivity (Wildman–Crippen MR) is 217 cm³/mol. The van der Waals surface area contributed by atoms with Crippen LogP contribution in [0.15, 0.2) is 0 Å². The van der Waals surface area contributed by atoms with Crippen molar-refractivity contribution in [3.63, 3.8) is 0 Å². The minimum absolute atomic E-state index is 0.117. The molecule has 0 saturated carbocycles. The first kappa shape index (κ1) is 52.7. The summed E-state index contributed by atoms with van der Waals surface area (Å²) in [5.74, 6) is -2.03. The summed E-state index contributed by atoms with van der Waals surface area (Å²) in [5.41, 5.74) is -1.80. The van der Waals surface area contributed by atoms with E-state index >= 15 is 0 Å². The van der Waals surface area contributed by atoms with Crippen LogP contribution in [-0.2, 0) is 47.6 Å². The Bertz CT molecular complexity index is 1060. The number of unbranched alkanes of at least 4 members (excludes halogenated alkanes) is 16. The van der Waals surface area contributed by atoms with Crippen LogP contribution in [0.4, 0.5) is 0 Å². The van der Waals surface area contributed by atoms with E-state index in [1.54, 1.807) is 0 Å². The van der Waals surface area contributed by atoms with E-state index in [9.17, 15) is 34.5 Å². The molecule has 0 spiro atoms. The first-order valence-corrected chi connectivity index (χ1v) is 22.5. The van der Waals surface area contributed by atoms with Gasteiger partial charge in [-0.2, -0.15) is 0 Å². The maximum atomic E-state index is 13.4. The van der Waals surface area contributed by atoms with Gasteiger partial charge in [0, 0.05) is 32.1 Å². The molecule has 0 bridgehead atoms. The van der Waals surface area contributed by atoms with Crippen LogP contribution in [-0.4, -0.2) is 108 Å². The lowest BCUT2D eigenvalue weighted by Gasteiger charge is -2.41. The number of aliphatic hydroxyl groups excluding tert-OH is 3. The molecule has 1 saturated heterocycles. The van der Waals surface area contributed by atoms with E-state index in [1.807, 2.05) is 0 Å². The average Bonchev–Trinajstić information content (AvgIpc) is 3.59. The topological polar surface area (TPSA) is 184 Å². The number of aliphatic hydroxyl groups is 3. The normalized spacial score (nSPS) is 18.8. The third kappa shape index (κ3) is 23.8. The highest BCUT2D eigenvalue weighted by atomic mass is 16.7. The zero-order chi connectivity index (χ0) is 42.2. The van der Waals surface area contributed by atoms with Crippen LogP contribution in [0.5, 0.6) is 0 Å². The van der Waals surface area contributed by atoms with E-state index in [2.05, 4.69) is 27.7 Å². The smallest absolute Gasteiger partial charge is 0.306 e. The van der Waals surface area contributed by atoms with Gasteiger partial charge in [0.1, 0.15) is 24.4 Å². The van der Waals surface area contributed by atoms with E-state index in [0.717, 1.165) is 103 Å². The molecule has 0 aliphatic carbocycles. The molecule has 13 heteroatoms. The maximum absolute atomic E-state index is 13.4. The first-order chi connectivity index (χ1) is 27.6. The molecule has 334 valence electrons. The van der Waals surface area contributed by atoms with Gasteiger partial charge in [-0.25, -0.2) is 0 Å². The van der Waals surface area contributed by atoms with Gasteiger partial charge in [0.25, 0.3) is 0 Å². The highest BCUT2D eigenvalue weighted by Crippen LogP contribution is 2.36. The Morgan fingerprint density at radius 3 is 1.54 bits per heavy atom. The fourth-order valence-electron chi connectivity index (χ4n) is 7.01. The molecule has 0 amide bonds. The van der Waals surface area contributed by atoms with Crippen LogP contribution in [0.25, 0.3) is 0 Å². The van der Waals surface area contributed by atoms with Crippen molar-refractivity contribution < 1.29 is 62.9 Å². The monoisotopic (exact) mass is 817 g/mol. The largest absolute Gasteiger partial charge is 0.462 e. The molecule has 2 unspecified atom stereocenters. The Hall–Kier alpha value is -2.32. The maximum Gasteiger partial charge on any atom is 0.306 e. The van der Waals surface area contributed by atoms with Gasteiger partial charge in [-0.3, -0.25) is 19.2 Å². The second-order valence-electron chi connectivity index (χ2n) is 15.8. The molecule has 13 nitrogen and oxygen atoms in total. The second kappa shape index (κ2) is 33.5. The van der Waals surface area contributed by atoms with E-state index < -0.39 is 86.4 Å². The molecular weight excluding hydrogens is 736 g/mol. The van der Waals surface area contributed by atoms with E-state index in [0.29, 0.717) is 25.7 Å². The molecule has 0 aromatic carbocycles. The summed E-state index contributed by atoms with van der Waals surface area (Å²) in [6.07, 6.45) is 12.6. The molecule has 6 atom stereocenters. The Labute approximate surface area is 343 Å². The summed E-state index contributed by atoms with van der Waals surface area (Å²) in [7, 11) is 0. The van der Waals surface area contributed by atoms with Crippen molar-refractivity contribution in [2.75, 3.05) is 33.0 Å². The van der Waals surface area contributed by atoms with Crippen LogP contribution in [0.3, 0.4) is 0 Å². The summed E-state index contributed by atoms with van der Waals surface area (Å²) < 4.78 is 36.1. The minimum atomic E-state index is -1.80. The number of carbonyl (C=O) groups excluding carboxylic acids is 4. The van der Waals surface area contributed by atoms with Crippen molar-refractivity contribution in [2.45, 2.75) is 224 Å². The third-order valence-electron chi connectivity index (χ3n) is 10.4. The molecule has 0 aromatic rings. The van der Waals surface area contributed by atoms with Gasteiger partial charge < -0.3 is 43.7 Å². The van der Waals surface area contributed by atoms with Crippen LogP contribution in [0.2, 0.25) is 0 Å². The number of hydrogen-bond acceptors (Lipinski definition) is 13. The average molecular weight is 817 g/mol. The minimum Gasteiger partial charge on any atom is -0.462 e. The third-order valence-corrected chi connectivity index (χ3v) is 10.4. The quantitative estimate of drug-likeness (QED) is 0.0317. The van der Waals surface area contributed by atoms with Gasteiger partial charge in [0.2, 0.25) is 0 Å². The van der Waals surface area contributed by atoms with Crippen molar-refractivity contribution in [3.05, 3.63) is 0 Å². The van der Waals surface area contributed by atoms with Crippen molar-refractivity contribution in [2.24, 2.45) is 0 Å². The van der Waals surface area contributed by atoms with Gasteiger partial charge in [-0.1, -0.05) is 130 Å². The summed E-state index contributed by atoms with van der Waals surface area (Å²) >= 11 is 0. The lowest BCUT2D eigenvalue weighted by molar-refractivity contribution is -0.217. The highest BCUT2D eigenvalue weighted by molar-refractivity contribution is 5.71. The molecule has 0 radical (unpaired) electrons. The van der Waals surface area contributed by atoms with Gasteiger partial charge in [0.05, 0.1) is 32.5 Å². The molecule has 57 heavy (non-hydrogen) atoms. The predicted octanol–water partition coefficient (Wildman–Crippen LogP) is 7.60. The zero-order valence-electron chi connectivity index (χ0n) is 36.0. The number of hydrogen-bond donors (Lipinski definition) is 3. The molecule has 1 heterocycles. The van der Waals surface area contributed by atoms with Gasteiger partial charge in [-0.15, -0.1) is 0 Å². The molecule has 1 rings (SSSR count). The summed E-state index contributed by atoms with van der Waals surface area (Å²) in [5, 5.41) is 31.2. The lowest BCUT2D eigenvalue weighted by atomic mass is 9.86.